The van der Waals surface area contributed by atoms with Gasteiger partial charge in [-0.3, -0.25) is 0 Å². The molecule has 1 aromatic heterocycles. The van der Waals surface area contributed by atoms with Gasteiger partial charge < -0.3 is 5.41 Å². The first-order chi connectivity index (χ1) is 8.29. The summed E-state index contributed by atoms with van der Waals surface area (Å²) in [6.07, 6.45) is 3.19. The lowest BCUT2D eigenvalue weighted by Gasteiger charge is -2.04. The van der Waals surface area contributed by atoms with Crippen molar-refractivity contribution in [3.05, 3.63) is 59.4 Å². The molecular formula is C14H15N3. The molecule has 0 radical (unpaired) electrons. The molecule has 1 N–H and O–H groups in total. The standard InChI is InChI=1S/C14H15N3/c1-2-14(15)12-6-3-5-11(9-12)10-13-7-4-8-16-17-13/h3-9,15H,2,10H2,1H3. The number of benzene rings is 1. The zero-order valence-electron chi connectivity index (χ0n) is 9.85. The van der Waals surface area contributed by atoms with Gasteiger partial charge in [-0.25, -0.2) is 0 Å². The second-order valence-electron chi connectivity index (χ2n) is 3.92. The molecule has 0 spiro atoms. The molecule has 0 bridgehead atoms. The van der Waals surface area contributed by atoms with Crippen LogP contribution in [-0.2, 0) is 6.42 Å². The predicted octanol–water partition coefficient (Wildman–Crippen LogP) is 2.85. The van der Waals surface area contributed by atoms with Crippen LogP contribution in [0.15, 0.2) is 42.6 Å². The van der Waals surface area contributed by atoms with E-state index in [1.807, 2.05) is 31.2 Å². The molecule has 86 valence electrons. The molecular weight excluding hydrogens is 210 g/mol. The van der Waals surface area contributed by atoms with Crippen LogP contribution in [0.1, 0.15) is 30.2 Å². The average molecular weight is 225 g/mol. The Kier molecular flexibility index (Phi) is 3.60. The van der Waals surface area contributed by atoms with Gasteiger partial charge in [-0.05, 0) is 35.7 Å². The van der Waals surface area contributed by atoms with Gasteiger partial charge in [0.15, 0.2) is 0 Å². The molecule has 0 saturated heterocycles. The summed E-state index contributed by atoms with van der Waals surface area (Å²) in [5.41, 5.74) is 3.79. The first kappa shape index (κ1) is 11.5. The minimum absolute atomic E-state index is 0.672. The van der Waals surface area contributed by atoms with Crippen molar-refractivity contribution in [2.75, 3.05) is 0 Å². The highest BCUT2D eigenvalue weighted by atomic mass is 15.1. The number of hydrogen-bond acceptors (Lipinski definition) is 3. The highest BCUT2D eigenvalue weighted by molar-refractivity contribution is 5.98. The van der Waals surface area contributed by atoms with E-state index >= 15 is 0 Å². The van der Waals surface area contributed by atoms with Crippen LogP contribution < -0.4 is 0 Å². The topological polar surface area (TPSA) is 49.6 Å². The molecule has 3 nitrogen and oxygen atoms in total. The van der Waals surface area contributed by atoms with Gasteiger partial charge in [-0.2, -0.15) is 10.2 Å². The number of aromatic nitrogens is 2. The maximum absolute atomic E-state index is 7.83. The molecule has 0 fully saturated rings. The summed E-state index contributed by atoms with van der Waals surface area (Å²) in [6.45, 7) is 2.00. The van der Waals surface area contributed by atoms with E-state index in [4.69, 9.17) is 5.41 Å². The van der Waals surface area contributed by atoms with E-state index in [-0.39, 0.29) is 0 Å². The monoisotopic (exact) mass is 225 g/mol. The van der Waals surface area contributed by atoms with Gasteiger partial charge in [-0.1, -0.05) is 25.1 Å². The summed E-state index contributed by atoms with van der Waals surface area (Å²) in [7, 11) is 0. The van der Waals surface area contributed by atoms with Crippen molar-refractivity contribution in [3.8, 4) is 0 Å². The summed E-state index contributed by atoms with van der Waals surface area (Å²) in [5, 5.41) is 15.8. The molecule has 2 rings (SSSR count). The first-order valence-electron chi connectivity index (χ1n) is 5.73. The number of nitrogens with zero attached hydrogens (tertiary/aromatic N) is 2. The van der Waals surface area contributed by atoms with Gasteiger partial charge >= 0.3 is 0 Å². The van der Waals surface area contributed by atoms with E-state index < -0.39 is 0 Å². The molecule has 0 aliphatic rings. The third-order valence-electron chi connectivity index (χ3n) is 2.64. The number of nitrogens with one attached hydrogen (secondary N) is 1. The summed E-state index contributed by atoms with van der Waals surface area (Å²) >= 11 is 0. The van der Waals surface area contributed by atoms with Crippen molar-refractivity contribution in [2.45, 2.75) is 19.8 Å². The number of hydrogen-bond donors (Lipinski definition) is 1. The fourth-order valence-electron chi connectivity index (χ4n) is 1.71. The molecule has 17 heavy (non-hydrogen) atoms. The third-order valence-corrected chi connectivity index (χ3v) is 2.64. The quantitative estimate of drug-likeness (QED) is 0.813. The van der Waals surface area contributed by atoms with E-state index in [1.54, 1.807) is 6.20 Å². The summed E-state index contributed by atoms with van der Waals surface area (Å²) in [4.78, 5) is 0. The summed E-state index contributed by atoms with van der Waals surface area (Å²) in [5.74, 6) is 0. The van der Waals surface area contributed by atoms with E-state index in [9.17, 15) is 0 Å². The van der Waals surface area contributed by atoms with Crippen LogP contribution in [0.2, 0.25) is 0 Å². The Labute approximate surface area is 101 Å². The van der Waals surface area contributed by atoms with E-state index in [2.05, 4.69) is 22.3 Å². The molecule has 3 heteroatoms. The van der Waals surface area contributed by atoms with Gasteiger partial charge in [0, 0.05) is 18.3 Å². The van der Waals surface area contributed by atoms with Crippen molar-refractivity contribution >= 4 is 5.71 Å². The molecule has 0 amide bonds. The van der Waals surface area contributed by atoms with Gasteiger partial charge in [0.25, 0.3) is 0 Å². The maximum atomic E-state index is 7.83. The molecule has 0 aliphatic heterocycles. The Hall–Kier alpha value is -2.03. The van der Waals surface area contributed by atoms with Crippen molar-refractivity contribution in [3.63, 3.8) is 0 Å². The van der Waals surface area contributed by atoms with Crippen molar-refractivity contribution in [2.24, 2.45) is 0 Å². The lowest BCUT2D eigenvalue weighted by molar-refractivity contribution is 0.936. The van der Waals surface area contributed by atoms with E-state index in [0.29, 0.717) is 5.71 Å². The Morgan fingerprint density at radius 1 is 1.24 bits per heavy atom. The Bertz CT molecular complexity index is 506. The van der Waals surface area contributed by atoms with Crippen LogP contribution in [0, 0.1) is 5.41 Å². The lowest BCUT2D eigenvalue weighted by Crippen LogP contribution is -1.99. The SMILES string of the molecule is CCC(=N)c1cccc(Cc2cccnn2)c1. The van der Waals surface area contributed by atoms with Gasteiger partial charge in [0.2, 0.25) is 0 Å². The fraction of sp³-hybridized carbons (Fsp3) is 0.214. The average Bonchev–Trinajstić information content (AvgIpc) is 2.39. The van der Waals surface area contributed by atoms with Crippen LogP contribution in [0.5, 0.6) is 0 Å². The van der Waals surface area contributed by atoms with Gasteiger partial charge in [-0.15, -0.1) is 0 Å². The normalized spacial score (nSPS) is 10.2. The molecule has 0 unspecified atom stereocenters. The Balaban J connectivity index is 2.20. The fourth-order valence-corrected chi connectivity index (χ4v) is 1.71. The highest BCUT2D eigenvalue weighted by Crippen LogP contribution is 2.11. The zero-order valence-corrected chi connectivity index (χ0v) is 9.85. The molecule has 1 aromatic carbocycles. The van der Waals surface area contributed by atoms with Crippen LogP contribution in [-0.4, -0.2) is 15.9 Å². The van der Waals surface area contributed by atoms with E-state index in [1.165, 1.54) is 5.56 Å². The maximum Gasteiger partial charge on any atom is 0.0674 e. The van der Waals surface area contributed by atoms with Crippen LogP contribution >= 0.6 is 0 Å². The molecule has 0 saturated carbocycles. The van der Waals surface area contributed by atoms with Crippen molar-refractivity contribution in [1.29, 1.82) is 5.41 Å². The molecule has 0 aliphatic carbocycles. The Morgan fingerprint density at radius 3 is 2.82 bits per heavy atom. The minimum atomic E-state index is 0.672. The van der Waals surface area contributed by atoms with Crippen LogP contribution in [0.25, 0.3) is 0 Å². The smallest absolute Gasteiger partial charge is 0.0674 e. The predicted molar refractivity (Wildman–Crippen MR) is 68.4 cm³/mol. The first-order valence-corrected chi connectivity index (χ1v) is 5.73. The van der Waals surface area contributed by atoms with Gasteiger partial charge in [0.05, 0.1) is 5.69 Å². The minimum Gasteiger partial charge on any atom is -0.305 e. The molecule has 1 heterocycles. The lowest BCUT2D eigenvalue weighted by atomic mass is 10.0. The summed E-state index contributed by atoms with van der Waals surface area (Å²) < 4.78 is 0. The largest absolute Gasteiger partial charge is 0.305 e. The van der Waals surface area contributed by atoms with Crippen molar-refractivity contribution in [1.82, 2.24) is 10.2 Å². The number of rotatable bonds is 4. The highest BCUT2D eigenvalue weighted by Gasteiger charge is 2.02. The second kappa shape index (κ2) is 5.34. The van der Waals surface area contributed by atoms with E-state index in [0.717, 1.165) is 24.1 Å². The molecule has 0 atom stereocenters. The molecule has 2 aromatic rings. The van der Waals surface area contributed by atoms with Gasteiger partial charge in [0.1, 0.15) is 0 Å². The zero-order chi connectivity index (χ0) is 12.1. The third kappa shape index (κ3) is 2.97. The van der Waals surface area contributed by atoms with Crippen LogP contribution in [0.4, 0.5) is 0 Å². The second-order valence-corrected chi connectivity index (χ2v) is 3.92. The Morgan fingerprint density at radius 2 is 2.12 bits per heavy atom. The summed E-state index contributed by atoms with van der Waals surface area (Å²) in [6, 6.07) is 11.9. The van der Waals surface area contributed by atoms with Crippen LogP contribution in [0.3, 0.4) is 0 Å². The van der Waals surface area contributed by atoms with Crippen molar-refractivity contribution < 1.29 is 0 Å².